The third-order valence-electron chi connectivity index (χ3n) is 4.41. The number of amides is 1. The van der Waals surface area contributed by atoms with Crippen LogP contribution in [0.3, 0.4) is 0 Å². The summed E-state index contributed by atoms with van der Waals surface area (Å²) in [6.07, 6.45) is -0.950. The molecule has 0 bridgehead atoms. The molecule has 0 saturated carbocycles. The first-order valence-corrected chi connectivity index (χ1v) is 8.32. The second-order valence-electron chi connectivity index (χ2n) is 6.45. The van der Waals surface area contributed by atoms with Gasteiger partial charge in [0.25, 0.3) is 5.91 Å². The van der Waals surface area contributed by atoms with Gasteiger partial charge in [-0.25, -0.2) is 4.39 Å². The van der Waals surface area contributed by atoms with Crippen molar-refractivity contribution in [3.63, 3.8) is 0 Å². The molecule has 0 unspecified atom stereocenters. The van der Waals surface area contributed by atoms with E-state index in [-0.39, 0.29) is 31.9 Å². The molecule has 0 spiro atoms. The summed E-state index contributed by atoms with van der Waals surface area (Å²) in [5.74, 6) is 0.999. The zero-order chi connectivity index (χ0) is 18.0. The Bertz CT molecular complexity index is 758. The maximum atomic E-state index is 13.5. The molecule has 3 rings (SSSR count). The van der Waals surface area contributed by atoms with Crippen LogP contribution in [0.2, 0.25) is 0 Å². The molecule has 25 heavy (non-hydrogen) atoms. The van der Waals surface area contributed by atoms with Crippen molar-refractivity contribution >= 4 is 5.91 Å². The molecule has 6 heteroatoms. The number of nitrogens with zero attached hydrogens (tertiary/aromatic N) is 1. The summed E-state index contributed by atoms with van der Waals surface area (Å²) < 4.78 is 24.8. The van der Waals surface area contributed by atoms with Gasteiger partial charge in [0.05, 0.1) is 19.2 Å². The third-order valence-corrected chi connectivity index (χ3v) is 4.41. The number of carbonyl (C=O) groups is 1. The van der Waals surface area contributed by atoms with Crippen molar-refractivity contribution in [1.29, 1.82) is 0 Å². The van der Waals surface area contributed by atoms with Gasteiger partial charge in [-0.2, -0.15) is 0 Å². The molecule has 0 aliphatic carbocycles. The van der Waals surface area contributed by atoms with E-state index in [0.29, 0.717) is 5.76 Å². The molecule has 2 heterocycles. The highest BCUT2D eigenvalue weighted by Gasteiger charge is 2.36. The molecule has 1 aliphatic rings. The number of carbonyl (C=O) groups excluding carboxylic acids is 1. The largest absolute Gasteiger partial charge is 0.485 e. The van der Waals surface area contributed by atoms with Crippen molar-refractivity contribution in [1.82, 2.24) is 4.90 Å². The third kappa shape index (κ3) is 3.85. The lowest BCUT2D eigenvalue weighted by Gasteiger charge is -2.21. The number of halogens is 1. The van der Waals surface area contributed by atoms with E-state index < -0.39 is 18.1 Å². The van der Waals surface area contributed by atoms with Crippen LogP contribution in [-0.4, -0.2) is 41.3 Å². The van der Waals surface area contributed by atoms with Crippen molar-refractivity contribution in [2.45, 2.75) is 39.1 Å². The lowest BCUT2D eigenvalue weighted by molar-refractivity contribution is 0.0637. The summed E-state index contributed by atoms with van der Waals surface area (Å²) in [5, 5.41) is 9.30. The van der Waals surface area contributed by atoms with Gasteiger partial charge in [0.15, 0.2) is 5.76 Å². The molecule has 0 radical (unpaired) electrons. The summed E-state index contributed by atoms with van der Waals surface area (Å²) in [7, 11) is 0. The average Bonchev–Trinajstić information content (AvgIpc) is 3.19. The van der Waals surface area contributed by atoms with E-state index in [9.17, 15) is 14.3 Å². The van der Waals surface area contributed by atoms with Crippen molar-refractivity contribution < 1.29 is 23.4 Å². The van der Waals surface area contributed by atoms with Crippen LogP contribution in [0.25, 0.3) is 0 Å². The van der Waals surface area contributed by atoms with E-state index in [1.54, 1.807) is 12.1 Å². The van der Waals surface area contributed by atoms with Gasteiger partial charge in [-0.15, -0.1) is 0 Å². The van der Waals surface area contributed by atoms with Crippen molar-refractivity contribution in [3.05, 3.63) is 53.0 Å². The predicted octanol–water partition coefficient (Wildman–Crippen LogP) is 3.02. The second-order valence-corrected chi connectivity index (χ2v) is 6.45. The minimum absolute atomic E-state index is 0.0147. The summed E-state index contributed by atoms with van der Waals surface area (Å²) >= 11 is 0. The minimum Gasteiger partial charge on any atom is -0.485 e. The first-order valence-electron chi connectivity index (χ1n) is 8.32. The Labute approximate surface area is 146 Å². The average molecular weight is 347 g/mol. The Morgan fingerprint density at radius 3 is 2.88 bits per heavy atom. The van der Waals surface area contributed by atoms with Gasteiger partial charge < -0.3 is 19.2 Å². The number of benzene rings is 1. The van der Waals surface area contributed by atoms with E-state index in [4.69, 9.17) is 9.15 Å². The quantitative estimate of drug-likeness (QED) is 0.903. The van der Waals surface area contributed by atoms with E-state index >= 15 is 0 Å². The minimum atomic E-state index is -1.11. The number of hydrogen-bond acceptors (Lipinski definition) is 4. The Morgan fingerprint density at radius 1 is 1.36 bits per heavy atom. The number of aliphatic hydroxyl groups excluding tert-OH is 1. The van der Waals surface area contributed by atoms with Crippen LogP contribution in [0.1, 0.15) is 33.9 Å². The number of aliphatic hydroxyl groups is 1. The number of hydrogen-bond donors (Lipinski definition) is 1. The van der Waals surface area contributed by atoms with Gasteiger partial charge in [0, 0.05) is 6.42 Å². The highest BCUT2D eigenvalue weighted by atomic mass is 19.1. The fourth-order valence-corrected chi connectivity index (χ4v) is 3.10. The maximum absolute atomic E-state index is 13.5. The van der Waals surface area contributed by atoms with Gasteiger partial charge in [0.1, 0.15) is 24.3 Å². The lowest BCUT2D eigenvalue weighted by Crippen LogP contribution is -2.37. The Hall–Kier alpha value is -2.34. The molecular weight excluding hydrogens is 325 g/mol. The number of rotatable bonds is 5. The normalized spacial score (nSPS) is 20.1. The van der Waals surface area contributed by atoms with Gasteiger partial charge in [-0.1, -0.05) is 17.7 Å². The zero-order valence-electron chi connectivity index (χ0n) is 14.4. The predicted molar refractivity (Wildman–Crippen MR) is 90.4 cm³/mol. The van der Waals surface area contributed by atoms with Crippen LogP contribution in [0.5, 0.6) is 5.75 Å². The number of furan rings is 1. The van der Waals surface area contributed by atoms with Crippen LogP contribution >= 0.6 is 0 Å². The smallest absolute Gasteiger partial charge is 0.289 e. The summed E-state index contributed by atoms with van der Waals surface area (Å²) in [6.45, 7) is 3.91. The highest BCUT2D eigenvalue weighted by Crippen LogP contribution is 2.24. The Balaban J connectivity index is 1.65. The molecule has 1 saturated heterocycles. The monoisotopic (exact) mass is 347 g/mol. The van der Waals surface area contributed by atoms with Crippen molar-refractivity contribution in [2.75, 3.05) is 13.2 Å². The van der Waals surface area contributed by atoms with Crippen molar-refractivity contribution in [3.8, 4) is 5.75 Å². The van der Waals surface area contributed by atoms with E-state index in [2.05, 4.69) is 0 Å². The molecule has 1 aromatic carbocycles. The number of alkyl halides is 1. The molecule has 1 amide bonds. The second kappa shape index (κ2) is 7.27. The van der Waals surface area contributed by atoms with Crippen LogP contribution in [0.15, 0.2) is 34.7 Å². The number of likely N-dealkylation sites (tertiary alicyclic amines) is 1. The molecule has 134 valence electrons. The molecule has 5 nitrogen and oxygen atoms in total. The fraction of sp³-hybridized carbons (Fsp3) is 0.421. The van der Waals surface area contributed by atoms with Gasteiger partial charge in [-0.05, 0) is 37.6 Å². The van der Waals surface area contributed by atoms with Gasteiger partial charge in [-0.3, -0.25) is 4.79 Å². The number of aryl methyl sites for hydroxylation is 2. The fourth-order valence-electron chi connectivity index (χ4n) is 3.10. The molecular formula is C19H22FNO4. The topological polar surface area (TPSA) is 62.9 Å². The summed E-state index contributed by atoms with van der Waals surface area (Å²) in [5.41, 5.74) is 2.19. The molecule has 1 fully saturated rings. The SMILES string of the molecule is Cc1ccc(OCc2ccc(C(=O)N3C[C@@H](F)C[C@H]3CO)o2)c(C)c1. The highest BCUT2D eigenvalue weighted by molar-refractivity contribution is 5.92. The molecule has 1 N–H and O–H groups in total. The number of ether oxygens (including phenoxy) is 1. The molecule has 1 aromatic heterocycles. The lowest BCUT2D eigenvalue weighted by atomic mass is 10.1. The summed E-state index contributed by atoms with van der Waals surface area (Å²) in [4.78, 5) is 13.8. The van der Waals surface area contributed by atoms with Gasteiger partial charge in [0.2, 0.25) is 0 Å². The maximum Gasteiger partial charge on any atom is 0.289 e. The Kier molecular flexibility index (Phi) is 5.08. The zero-order valence-corrected chi connectivity index (χ0v) is 14.4. The van der Waals surface area contributed by atoms with Gasteiger partial charge >= 0.3 is 0 Å². The van der Waals surface area contributed by atoms with E-state index in [1.165, 1.54) is 4.90 Å². The van der Waals surface area contributed by atoms with Crippen LogP contribution in [0, 0.1) is 13.8 Å². The summed E-state index contributed by atoms with van der Waals surface area (Å²) in [6, 6.07) is 8.63. The standard InChI is InChI=1S/C19H22FNO4/c1-12-3-5-17(13(2)7-12)24-11-16-4-6-18(25-16)19(23)21-9-14(20)8-15(21)10-22/h3-7,14-15,22H,8-11H2,1-2H3/t14-,15-/m0/s1. The van der Waals surface area contributed by atoms with E-state index in [1.807, 2.05) is 32.0 Å². The first-order chi connectivity index (χ1) is 12.0. The van der Waals surface area contributed by atoms with Crippen LogP contribution in [0.4, 0.5) is 4.39 Å². The van der Waals surface area contributed by atoms with E-state index in [0.717, 1.165) is 16.9 Å². The first kappa shape index (κ1) is 17.5. The molecule has 2 aromatic rings. The Morgan fingerprint density at radius 2 is 2.16 bits per heavy atom. The molecule has 1 aliphatic heterocycles. The van der Waals surface area contributed by atoms with Crippen LogP contribution < -0.4 is 4.74 Å². The molecule has 2 atom stereocenters. The van der Waals surface area contributed by atoms with Crippen LogP contribution in [-0.2, 0) is 6.61 Å². The van der Waals surface area contributed by atoms with Crippen molar-refractivity contribution in [2.24, 2.45) is 0 Å².